The maximum absolute atomic E-state index is 12.9. The number of carbonyl (C=O) groups excluding carboxylic acids is 1. The molecule has 1 unspecified atom stereocenters. The summed E-state index contributed by atoms with van der Waals surface area (Å²) in [6.07, 6.45) is 3.69. The van der Waals surface area contributed by atoms with Crippen molar-refractivity contribution in [3.8, 4) is 0 Å². The Labute approximate surface area is 94.3 Å². The molecule has 0 aromatic carbocycles. The Morgan fingerprint density at radius 3 is 2.88 bits per heavy atom. The molecule has 1 saturated carbocycles. The monoisotopic (exact) mass is 222 g/mol. The number of rotatable bonds is 3. The quantitative estimate of drug-likeness (QED) is 0.734. The molecular weight excluding hydrogens is 207 g/mol. The lowest BCUT2D eigenvalue weighted by atomic mass is 10.1. The number of carbonyl (C=O) groups is 1. The van der Waals surface area contributed by atoms with E-state index in [1.54, 1.807) is 18.0 Å². The van der Waals surface area contributed by atoms with Crippen molar-refractivity contribution in [2.45, 2.75) is 25.8 Å². The zero-order chi connectivity index (χ0) is 11.7. The Morgan fingerprint density at radius 2 is 2.31 bits per heavy atom. The van der Waals surface area contributed by atoms with Crippen molar-refractivity contribution < 1.29 is 9.18 Å². The molecule has 0 aliphatic heterocycles. The first kappa shape index (κ1) is 11.0. The highest BCUT2D eigenvalue weighted by Crippen LogP contribution is 2.35. The van der Waals surface area contributed by atoms with Crippen LogP contribution < -0.4 is 0 Å². The summed E-state index contributed by atoms with van der Waals surface area (Å²) in [5.41, 5.74) is 0.363. The molecule has 0 bridgehead atoms. The Morgan fingerprint density at radius 1 is 1.62 bits per heavy atom. The van der Waals surface area contributed by atoms with E-state index in [0.717, 1.165) is 0 Å². The predicted octanol–water partition coefficient (Wildman–Crippen LogP) is 2.09. The standard InChI is InChI=1S/C12H15FN2O/c1-8(9-3-4-9)15(2)12(16)10-5-6-14-11(13)7-10/h5-9H,3-4H2,1-2H3. The second-order valence-electron chi connectivity index (χ2n) is 4.36. The summed E-state index contributed by atoms with van der Waals surface area (Å²) in [4.78, 5) is 17.1. The maximum atomic E-state index is 12.9. The van der Waals surface area contributed by atoms with Gasteiger partial charge in [0.15, 0.2) is 0 Å². The molecule has 1 heterocycles. The van der Waals surface area contributed by atoms with Crippen molar-refractivity contribution in [2.75, 3.05) is 7.05 Å². The van der Waals surface area contributed by atoms with E-state index in [0.29, 0.717) is 11.5 Å². The van der Waals surface area contributed by atoms with Crippen molar-refractivity contribution in [3.63, 3.8) is 0 Å². The Hall–Kier alpha value is -1.45. The lowest BCUT2D eigenvalue weighted by Gasteiger charge is -2.24. The van der Waals surface area contributed by atoms with Crippen LogP contribution >= 0.6 is 0 Å². The lowest BCUT2D eigenvalue weighted by Crippen LogP contribution is -2.36. The van der Waals surface area contributed by atoms with Gasteiger partial charge in [-0.1, -0.05) is 0 Å². The zero-order valence-corrected chi connectivity index (χ0v) is 9.48. The van der Waals surface area contributed by atoms with E-state index in [4.69, 9.17) is 0 Å². The third-order valence-electron chi connectivity index (χ3n) is 3.21. The van der Waals surface area contributed by atoms with E-state index in [1.165, 1.54) is 25.1 Å². The number of hydrogen-bond acceptors (Lipinski definition) is 2. The minimum absolute atomic E-state index is 0.138. The van der Waals surface area contributed by atoms with E-state index >= 15 is 0 Å². The van der Waals surface area contributed by atoms with Crippen molar-refractivity contribution in [3.05, 3.63) is 29.8 Å². The van der Waals surface area contributed by atoms with E-state index in [2.05, 4.69) is 4.98 Å². The summed E-state index contributed by atoms with van der Waals surface area (Å²) >= 11 is 0. The zero-order valence-electron chi connectivity index (χ0n) is 9.48. The molecule has 0 saturated heterocycles. The average molecular weight is 222 g/mol. The summed E-state index contributed by atoms with van der Waals surface area (Å²) in [5.74, 6) is -0.139. The molecule has 1 fully saturated rings. The first-order chi connectivity index (χ1) is 7.59. The Balaban J connectivity index is 2.11. The molecule has 1 aromatic heterocycles. The topological polar surface area (TPSA) is 33.2 Å². The van der Waals surface area contributed by atoms with Crippen molar-refractivity contribution in [1.29, 1.82) is 0 Å². The molecular formula is C12H15FN2O. The average Bonchev–Trinajstić information content (AvgIpc) is 3.10. The van der Waals surface area contributed by atoms with Crippen molar-refractivity contribution in [1.82, 2.24) is 9.88 Å². The molecule has 1 aliphatic rings. The van der Waals surface area contributed by atoms with Gasteiger partial charge < -0.3 is 4.90 Å². The maximum Gasteiger partial charge on any atom is 0.254 e. The molecule has 0 radical (unpaired) electrons. The fourth-order valence-electron chi connectivity index (χ4n) is 1.82. The second kappa shape index (κ2) is 4.20. The molecule has 3 nitrogen and oxygen atoms in total. The molecule has 1 aromatic rings. The highest BCUT2D eigenvalue weighted by Gasteiger charge is 2.32. The van der Waals surface area contributed by atoms with Gasteiger partial charge in [-0.15, -0.1) is 0 Å². The van der Waals surface area contributed by atoms with Crippen molar-refractivity contribution in [2.24, 2.45) is 5.92 Å². The highest BCUT2D eigenvalue weighted by molar-refractivity contribution is 5.94. The predicted molar refractivity (Wildman–Crippen MR) is 58.5 cm³/mol. The minimum atomic E-state index is -0.613. The van der Waals surface area contributed by atoms with Crippen LogP contribution in [0.5, 0.6) is 0 Å². The number of pyridine rings is 1. The number of amides is 1. The van der Waals surface area contributed by atoms with Gasteiger partial charge in [0.25, 0.3) is 5.91 Å². The smallest absolute Gasteiger partial charge is 0.254 e. The fraction of sp³-hybridized carbons (Fsp3) is 0.500. The van der Waals surface area contributed by atoms with Crippen LogP contribution in [0, 0.1) is 11.9 Å². The van der Waals surface area contributed by atoms with E-state index in [9.17, 15) is 9.18 Å². The number of aromatic nitrogens is 1. The van der Waals surface area contributed by atoms with Gasteiger partial charge in [0.2, 0.25) is 5.95 Å². The van der Waals surface area contributed by atoms with Gasteiger partial charge in [0.05, 0.1) is 0 Å². The van der Waals surface area contributed by atoms with Gasteiger partial charge in [-0.3, -0.25) is 4.79 Å². The van der Waals surface area contributed by atoms with Gasteiger partial charge >= 0.3 is 0 Å². The van der Waals surface area contributed by atoms with Crippen LogP contribution in [-0.4, -0.2) is 28.9 Å². The SMILES string of the molecule is CC(C1CC1)N(C)C(=O)c1ccnc(F)c1. The minimum Gasteiger partial charge on any atom is -0.339 e. The van der Waals surface area contributed by atoms with Crippen LogP contribution in [0.4, 0.5) is 4.39 Å². The Bertz CT molecular complexity index is 404. The van der Waals surface area contributed by atoms with Crippen LogP contribution in [0.2, 0.25) is 0 Å². The van der Waals surface area contributed by atoms with E-state index in [-0.39, 0.29) is 11.9 Å². The van der Waals surface area contributed by atoms with E-state index in [1.807, 2.05) is 6.92 Å². The third-order valence-corrected chi connectivity index (χ3v) is 3.21. The summed E-state index contributed by atoms with van der Waals surface area (Å²) in [6.45, 7) is 2.03. The molecule has 1 aliphatic carbocycles. The summed E-state index contributed by atoms with van der Waals surface area (Å²) in [7, 11) is 1.77. The molecule has 86 valence electrons. The van der Waals surface area contributed by atoms with Gasteiger partial charge in [-0.2, -0.15) is 4.39 Å². The molecule has 0 N–H and O–H groups in total. The van der Waals surface area contributed by atoms with Crippen molar-refractivity contribution >= 4 is 5.91 Å². The van der Waals surface area contributed by atoms with E-state index < -0.39 is 5.95 Å². The normalized spacial score (nSPS) is 16.9. The molecule has 1 amide bonds. The largest absolute Gasteiger partial charge is 0.339 e. The Kier molecular flexibility index (Phi) is 2.90. The molecule has 1 atom stereocenters. The molecule has 2 rings (SSSR count). The molecule has 0 spiro atoms. The van der Waals surface area contributed by atoms with Crippen LogP contribution in [0.15, 0.2) is 18.3 Å². The number of halogens is 1. The number of nitrogens with zero attached hydrogens (tertiary/aromatic N) is 2. The van der Waals surface area contributed by atoms with Gasteiger partial charge in [-0.25, -0.2) is 4.98 Å². The molecule has 4 heteroatoms. The second-order valence-corrected chi connectivity index (χ2v) is 4.36. The summed E-state index contributed by atoms with van der Waals surface area (Å²) in [5, 5.41) is 0. The van der Waals surface area contributed by atoms with Gasteiger partial charge in [0, 0.05) is 30.9 Å². The van der Waals surface area contributed by atoms with Gasteiger partial charge in [-0.05, 0) is 31.7 Å². The van der Waals surface area contributed by atoms with Crippen LogP contribution in [0.25, 0.3) is 0 Å². The highest BCUT2D eigenvalue weighted by atomic mass is 19.1. The third kappa shape index (κ3) is 2.21. The fourth-order valence-corrected chi connectivity index (χ4v) is 1.82. The first-order valence-electron chi connectivity index (χ1n) is 5.48. The molecule has 16 heavy (non-hydrogen) atoms. The number of hydrogen-bond donors (Lipinski definition) is 0. The summed E-state index contributed by atoms with van der Waals surface area (Å²) in [6, 6.07) is 2.95. The van der Waals surface area contributed by atoms with Crippen LogP contribution in [-0.2, 0) is 0 Å². The first-order valence-corrected chi connectivity index (χ1v) is 5.48. The summed E-state index contributed by atoms with van der Waals surface area (Å²) < 4.78 is 12.9. The van der Waals surface area contributed by atoms with Crippen LogP contribution in [0.1, 0.15) is 30.1 Å². The lowest BCUT2D eigenvalue weighted by molar-refractivity contribution is 0.0726. The van der Waals surface area contributed by atoms with Crippen LogP contribution in [0.3, 0.4) is 0 Å². The van der Waals surface area contributed by atoms with Gasteiger partial charge in [0.1, 0.15) is 0 Å².